The monoisotopic (exact) mass is 445 g/mol. The molecule has 5 heteroatoms. The molecule has 3 aromatic carbocycles. The van der Waals surface area contributed by atoms with Crippen LogP contribution in [0, 0.1) is 6.92 Å². The van der Waals surface area contributed by atoms with Gasteiger partial charge >= 0.3 is 5.97 Å². The normalized spacial score (nSPS) is 18.7. The maximum absolute atomic E-state index is 13.0. The Kier molecular flexibility index (Phi) is 6.70. The third-order valence-electron chi connectivity index (χ3n) is 5.86. The van der Waals surface area contributed by atoms with Gasteiger partial charge in [-0.05, 0) is 63.6 Å². The van der Waals surface area contributed by atoms with E-state index in [-0.39, 0.29) is 5.97 Å². The lowest BCUT2D eigenvalue weighted by molar-refractivity contribution is -0.137. The number of fused-ring (bicyclic) bond motifs is 1. The van der Waals surface area contributed by atoms with E-state index in [0.717, 1.165) is 22.6 Å². The topological polar surface area (TPSA) is 56.8 Å². The van der Waals surface area contributed by atoms with E-state index in [0.29, 0.717) is 18.7 Å². The Hall–Kier alpha value is -3.31. The molecule has 33 heavy (non-hydrogen) atoms. The van der Waals surface area contributed by atoms with Crippen molar-refractivity contribution in [1.29, 1.82) is 0 Å². The lowest BCUT2D eigenvalue weighted by Crippen LogP contribution is -2.51. The van der Waals surface area contributed by atoms with Crippen molar-refractivity contribution in [2.24, 2.45) is 0 Å². The molecular weight excluding hydrogens is 414 g/mol. The van der Waals surface area contributed by atoms with Gasteiger partial charge in [-0.15, -0.1) is 0 Å². The van der Waals surface area contributed by atoms with Gasteiger partial charge in [0.1, 0.15) is 17.5 Å². The van der Waals surface area contributed by atoms with Crippen molar-refractivity contribution in [2.75, 3.05) is 11.9 Å². The maximum atomic E-state index is 13.0. The Balaban J connectivity index is 1.60. The Morgan fingerprint density at radius 1 is 1.03 bits per heavy atom. The van der Waals surface area contributed by atoms with Gasteiger partial charge in [0.05, 0.1) is 5.56 Å². The summed E-state index contributed by atoms with van der Waals surface area (Å²) in [5.41, 5.74) is 3.86. The van der Waals surface area contributed by atoms with E-state index in [1.807, 2.05) is 76.2 Å². The molecule has 1 N–H and O–H groups in total. The molecule has 1 heterocycles. The number of carbonyl (C=O) groups excluding carboxylic acids is 1. The van der Waals surface area contributed by atoms with Crippen molar-refractivity contribution in [3.8, 4) is 5.75 Å². The molecule has 3 aromatic rings. The largest absolute Gasteiger partial charge is 0.483 e. The summed E-state index contributed by atoms with van der Waals surface area (Å²) in [6, 6.07) is 23.6. The molecule has 0 aliphatic carbocycles. The molecule has 1 aliphatic rings. The third-order valence-corrected chi connectivity index (χ3v) is 5.86. The smallest absolute Gasteiger partial charge is 0.338 e. The fourth-order valence-corrected chi connectivity index (χ4v) is 4.08. The SMILES string of the molecule is CCOC1c2cc(NCc3ccccc3)ccc2OC(C)(C)C1OC(=O)c1ccc(C)cc1. The van der Waals surface area contributed by atoms with Crippen LogP contribution in [0.5, 0.6) is 5.75 Å². The summed E-state index contributed by atoms with van der Waals surface area (Å²) >= 11 is 0. The zero-order valence-corrected chi connectivity index (χ0v) is 19.6. The van der Waals surface area contributed by atoms with Crippen molar-refractivity contribution < 1.29 is 19.0 Å². The number of carbonyl (C=O) groups is 1. The van der Waals surface area contributed by atoms with Crippen LogP contribution in [-0.4, -0.2) is 24.3 Å². The average molecular weight is 446 g/mol. The van der Waals surface area contributed by atoms with Gasteiger partial charge in [0.2, 0.25) is 0 Å². The van der Waals surface area contributed by atoms with Crippen molar-refractivity contribution in [2.45, 2.75) is 52.0 Å². The Morgan fingerprint density at radius 3 is 2.45 bits per heavy atom. The summed E-state index contributed by atoms with van der Waals surface area (Å²) in [5.74, 6) is 0.356. The van der Waals surface area contributed by atoms with E-state index in [1.165, 1.54) is 5.56 Å². The van der Waals surface area contributed by atoms with E-state index in [9.17, 15) is 4.79 Å². The summed E-state index contributed by atoms with van der Waals surface area (Å²) in [4.78, 5) is 13.0. The number of hydrogen-bond acceptors (Lipinski definition) is 5. The van der Waals surface area contributed by atoms with Crippen LogP contribution < -0.4 is 10.1 Å². The number of hydrogen-bond donors (Lipinski definition) is 1. The molecular formula is C28H31NO4. The highest BCUT2D eigenvalue weighted by Crippen LogP contribution is 2.44. The molecule has 0 spiro atoms. The van der Waals surface area contributed by atoms with E-state index >= 15 is 0 Å². The van der Waals surface area contributed by atoms with Gasteiger partial charge in [-0.25, -0.2) is 4.79 Å². The second kappa shape index (κ2) is 9.67. The molecule has 2 atom stereocenters. The number of anilines is 1. The number of nitrogens with one attached hydrogen (secondary N) is 1. The molecule has 0 aromatic heterocycles. The van der Waals surface area contributed by atoms with Gasteiger partial charge in [0, 0.05) is 24.4 Å². The molecule has 172 valence electrons. The first-order chi connectivity index (χ1) is 15.9. The predicted octanol–water partition coefficient (Wildman–Crippen LogP) is 6.08. The Morgan fingerprint density at radius 2 is 1.76 bits per heavy atom. The van der Waals surface area contributed by atoms with Crippen LogP contribution in [0.25, 0.3) is 0 Å². The van der Waals surface area contributed by atoms with Crippen molar-refractivity contribution in [3.05, 3.63) is 95.1 Å². The minimum atomic E-state index is -0.758. The van der Waals surface area contributed by atoms with Gasteiger partial charge in [-0.3, -0.25) is 0 Å². The number of rotatable bonds is 7. The molecule has 1 aliphatic heterocycles. The van der Waals surface area contributed by atoms with Gasteiger partial charge in [0.25, 0.3) is 0 Å². The predicted molar refractivity (Wildman–Crippen MR) is 130 cm³/mol. The van der Waals surface area contributed by atoms with Crippen LogP contribution in [0.15, 0.2) is 72.8 Å². The van der Waals surface area contributed by atoms with Crippen LogP contribution in [0.3, 0.4) is 0 Å². The molecule has 0 radical (unpaired) electrons. The fraction of sp³-hybridized carbons (Fsp3) is 0.321. The first-order valence-electron chi connectivity index (χ1n) is 11.4. The van der Waals surface area contributed by atoms with Crippen molar-refractivity contribution in [1.82, 2.24) is 0 Å². The average Bonchev–Trinajstić information content (AvgIpc) is 2.81. The van der Waals surface area contributed by atoms with Gasteiger partial charge < -0.3 is 19.5 Å². The van der Waals surface area contributed by atoms with Crippen LogP contribution >= 0.6 is 0 Å². The van der Waals surface area contributed by atoms with Crippen LogP contribution in [0.4, 0.5) is 5.69 Å². The molecule has 0 saturated carbocycles. The lowest BCUT2D eigenvalue weighted by Gasteiger charge is -2.43. The first kappa shape index (κ1) is 22.9. The third kappa shape index (κ3) is 5.20. The first-order valence-corrected chi connectivity index (χ1v) is 11.4. The van der Waals surface area contributed by atoms with E-state index < -0.39 is 17.8 Å². The molecule has 4 rings (SSSR count). The highest BCUT2D eigenvalue weighted by atomic mass is 16.6. The lowest BCUT2D eigenvalue weighted by atomic mass is 9.87. The van der Waals surface area contributed by atoms with Crippen molar-refractivity contribution in [3.63, 3.8) is 0 Å². The summed E-state index contributed by atoms with van der Waals surface area (Å²) in [6.45, 7) is 8.97. The second-order valence-corrected chi connectivity index (χ2v) is 8.87. The fourth-order valence-electron chi connectivity index (χ4n) is 4.08. The van der Waals surface area contributed by atoms with Gasteiger partial charge in [-0.1, -0.05) is 48.0 Å². The van der Waals surface area contributed by atoms with Gasteiger partial charge in [-0.2, -0.15) is 0 Å². The van der Waals surface area contributed by atoms with E-state index in [2.05, 4.69) is 17.4 Å². The minimum absolute atomic E-state index is 0.386. The molecule has 5 nitrogen and oxygen atoms in total. The minimum Gasteiger partial charge on any atom is -0.483 e. The molecule has 2 unspecified atom stereocenters. The maximum Gasteiger partial charge on any atom is 0.338 e. The Bertz CT molecular complexity index is 1090. The zero-order chi connectivity index (χ0) is 23.4. The zero-order valence-electron chi connectivity index (χ0n) is 19.6. The summed E-state index contributed by atoms with van der Waals surface area (Å²) < 4.78 is 18.5. The quantitative estimate of drug-likeness (QED) is 0.447. The number of esters is 1. The van der Waals surface area contributed by atoms with Crippen molar-refractivity contribution >= 4 is 11.7 Å². The van der Waals surface area contributed by atoms with Crippen LogP contribution in [0.1, 0.15) is 53.9 Å². The van der Waals surface area contributed by atoms with Crippen LogP contribution in [0.2, 0.25) is 0 Å². The Labute approximate surface area is 195 Å². The number of benzene rings is 3. The van der Waals surface area contributed by atoms with E-state index in [1.54, 1.807) is 12.1 Å². The summed E-state index contributed by atoms with van der Waals surface area (Å²) in [6.07, 6.45) is -1.05. The number of ether oxygens (including phenoxy) is 3. The highest BCUT2D eigenvalue weighted by molar-refractivity contribution is 5.89. The molecule has 0 fully saturated rings. The molecule has 0 saturated heterocycles. The number of aryl methyl sites for hydroxylation is 1. The standard InChI is InChI=1S/C28H31NO4/c1-5-31-25-23-17-22(29-18-20-9-7-6-8-10-20)15-16-24(23)33-28(3,4)26(25)32-27(30)21-13-11-19(2)12-14-21/h6-17,25-26,29H,5,18H2,1-4H3. The summed E-state index contributed by atoms with van der Waals surface area (Å²) in [7, 11) is 0. The molecule has 0 amide bonds. The second-order valence-electron chi connectivity index (χ2n) is 8.87. The summed E-state index contributed by atoms with van der Waals surface area (Å²) in [5, 5.41) is 3.46. The van der Waals surface area contributed by atoms with E-state index in [4.69, 9.17) is 14.2 Å². The van der Waals surface area contributed by atoms with Gasteiger partial charge in [0.15, 0.2) is 6.10 Å². The highest BCUT2D eigenvalue weighted by Gasteiger charge is 2.47. The molecule has 0 bridgehead atoms. The van der Waals surface area contributed by atoms with Crippen LogP contribution in [-0.2, 0) is 16.0 Å².